The van der Waals surface area contributed by atoms with E-state index < -0.39 is 0 Å². The maximum Gasteiger partial charge on any atom is 0.138 e. The van der Waals surface area contributed by atoms with Gasteiger partial charge < -0.3 is 10.1 Å². The van der Waals surface area contributed by atoms with Crippen LogP contribution < -0.4 is 5.73 Å². The summed E-state index contributed by atoms with van der Waals surface area (Å²) in [5, 5.41) is 0.671. The van der Waals surface area contributed by atoms with Gasteiger partial charge in [-0.05, 0) is 12.1 Å². The second-order valence-corrected chi connectivity index (χ2v) is 3.93. The zero-order valence-electron chi connectivity index (χ0n) is 7.27. The Balaban J connectivity index is 2.52. The standard InChI is InChI=1S/C9H8ClN3S/c10-6-1-2-13-7(4-8(11)14)5-12-9(13)3-6/h1-3,5H,4H2,(H2,11,14). The van der Waals surface area contributed by atoms with Crippen molar-refractivity contribution in [3.63, 3.8) is 0 Å². The number of pyridine rings is 1. The average molecular weight is 226 g/mol. The highest BCUT2D eigenvalue weighted by atomic mass is 35.5. The molecule has 0 saturated carbocycles. The van der Waals surface area contributed by atoms with E-state index in [-0.39, 0.29) is 0 Å². The Morgan fingerprint density at radius 3 is 3.14 bits per heavy atom. The molecule has 0 amide bonds. The predicted molar refractivity (Wildman–Crippen MR) is 60.7 cm³/mol. The van der Waals surface area contributed by atoms with E-state index in [0.717, 1.165) is 11.3 Å². The molecule has 14 heavy (non-hydrogen) atoms. The van der Waals surface area contributed by atoms with Gasteiger partial charge >= 0.3 is 0 Å². The van der Waals surface area contributed by atoms with Crippen LogP contribution in [0.1, 0.15) is 5.69 Å². The first-order valence-electron chi connectivity index (χ1n) is 4.06. The predicted octanol–water partition coefficient (Wildman–Crippen LogP) is 1.82. The summed E-state index contributed by atoms with van der Waals surface area (Å²) in [6, 6.07) is 3.60. The molecule has 2 heterocycles. The van der Waals surface area contributed by atoms with E-state index >= 15 is 0 Å². The third-order valence-corrected chi connectivity index (χ3v) is 2.29. The first-order valence-corrected chi connectivity index (χ1v) is 4.85. The number of rotatable bonds is 2. The molecule has 2 rings (SSSR count). The number of fused-ring (bicyclic) bond motifs is 1. The SMILES string of the molecule is NC(=S)Cc1cnc2cc(Cl)ccn12. The van der Waals surface area contributed by atoms with Gasteiger partial charge in [0, 0.05) is 29.5 Å². The minimum atomic E-state index is 0.460. The minimum Gasteiger partial charge on any atom is -0.393 e. The van der Waals surface area contributed by atoms with E-state index in [1.165, 1.54) is 0 Å². The van der Waals surface area contributed by atoms with Crippen LogP contribution in [0.4, 0.5) is 0 Å². The molecule has 0 fully saturated rings. The van der Waals surface area contributed by atoms with E-state index in [9.17, 15) is 0 Å². The summed E-state index contributed by atoms with van der Waals surface area (Å²) in [5.41, 5.74) is 7.25. The van der Waals surface area contributed by atoms with E-state index in [4.69, 9.17) is 29.6 Å². The Kier molecular flexibility index (Phi) is 2.39. The van der Waals surface area contributed by atoms with Crippen molar-refractivity contribution < 1.29 is 0 Å². The van der Waals surface area contributed by atoms with Crippen molar-refractivity contribution in [1.82, 2.24) is 9.38 Å². The van der Waals surface area contributed by atoms with Crippen LogP contribution in [0.2, 0.25) is 5.02 Å². The number of aromatic nitrogens is 2. The Morgan fingerprint density at radius 2 is 2.43 bits per heavy atom. The third kappa shape index (κ3) is 1.71. The van der Waals surface area contributed by atoms with Gasteiger partial charge in [-0.25, -0.2) is 4.98 Å². The smallest absolute Gasteiger partial charge is 0.138 e. The Bertz CT molecular complexity index is 492. The van der Waals surface area contributed by atoms with E-state index in [0.29, 0.717) is 16.4 Å². The lowest BCUT2D eigenvalue weighted by atomic mass is 10.3. The van der Waals surface area contributed by atoms with Crippen LogP contribution in [0, 0.1) is 0 Å². The fourth-order valence-corrected chi connectivity index (χ4v) is 1.62. The molecule has 0 aliphatic rings. The van der Waals surface area contributed by atoms with Crippen LogP contribution in [0.25, 0.3) is 5.65 Å². The fourth-order valence-electron chi connectivity index (χ4n) is 1.32. The molecule has 0 aliphatic carbocycles. The van der Waals surface area contributed by atoms with Crippen LogP contribution >= 0.6 is 23.8 Å². The van der Waals surface area contributed by atoms with Crippen molar-refractivity contribution in [2.75, 3.05) is 0 Å². The summed E-state index contributed by atoms with van der Waals surface area (Å²) < 4.78 is 1.92. The zero-order valence-corrected chi connectivity index (χ0v) is 8.85. The molecule has 0 spiro atoms. The molecule has 0 aliphatic heterocycles. The number of hydrogen-bond acceptors (Lipinski definition) is 2. The lowest BCUT2D eigenvalue weighted by molar-refractivity contribution is 1.07. The van der Waals surface area contributed by atoms with Crippen molar-refractivity contribution in [2.24, 2.45) is 5.73 Å². The molecule has 0 bridgehead atoms. The van der Waals surface area contributed by atoms with Gasteiger partial charge in [-0.1, -0.05) is 23.8 Å². The zero-order chi connectivity index (χ0) is 10.1. The largest absolute Gasteiger partial charge is 0.393 e. The number of thiocarbonyl (C=S) groups is 1. The number of halogens is 1. The van der Waals surface area contributed by atoms with Crippen LogP contribution in [0.5, 0.6) is 0 Å². The first kappa shape index (κ1) is 9.43. The Hall–Kier alpha value is -1.13. The maximum atomic E-state index is 5.83. The van der Waals surface area contributed by atoms with Gasteiger partial charge in [0.2, 0.25) is 0 Å². The quantitative estimate of drug-likeness (QED) is 0.793. The van der Waals surface area contributed by atoms with Gasteiger partial charge in [-0.3, -0.25) is 0 Å². The van der Waals surface area contributed by atoms with Crippen molar-refractivity contribution >= 4 is 34.5 Å². The highest BCUT2D eigenvalue weighted by Gasteiger charge is 2.03. The van der Waals surface area contributed by atoms with Crippen LogP contribution in [0.3, 0.4) is 0 Å². The summed E-state index contributed by atoms with van der Waals surface area (Å²) in [7, 11) is 0. The molecule has 72 valence electrons. The third-order valence-electron chi connectivity index (χ3n) is 1.91. The number of imidazole rings is 1. The van der Waals surface area contributed by atoms with Gasteiger partial charge in [0.05, 0.1) is 4.99 Å². The summed E-state index contributed by atoms with van der Waals surface area (Å²) in [4.78, 5) is 4.66. The molecular weight excluding hydrogens is 218 g/mol. The normalized spacial score (nSPS) is 10.6. The van der Waals surface area contributed by atoms with Gasteiger partial charge in [0.1, 0.15) is 5.65 Å². The summed E-state index contributed by atoms with van der Waals surface area (Å²) in [6.45, 7) is 0. The Labute approximate surface area is 91.5 Å². The fraction of sp³-hybridized carbons (Fsp3) is 0.111. The molecule has 2 N–H and O–H groups in total. The van der Waals surface area contributed by atoms with Crippen LogP contribution in [-0.4, -0.2) is 14.4 Å². The second kappa shape index (κ2) is 3.55. The topological polar surface area (TPSA) is 43.3 Å². The summed E-state index contributed by atoms with van der Waals surface area (Å²) in [6.07, 6.45) is 4.17. The molecule has 2 aromatic heterocycles. The van der Waals surface area contributed by atoms with E-state index in [1.54, 1.807) is 18.3 Å². The van der Waals surface area contributed by atoms with E-state index in [1.807, 2.05) is 10.6 Å². The number of nitrogens with two attached hydrogens (primary N) is 1. The minimum absolute atomic E-state index is 0.460. The lowest BCUT2D eigenvalue weighted by Gasteiger charge is -1.99. The van der Waals surface area contributed by atoms with Crippen LogP contribution in [-0.2, 0) is 6.42 Å². The van der Waals surface area contributed by atoms with Crippen LogP contribution in [0.15, 0.2) is 24.5 Å². The highest BCUT2D eigenvalue weighted by molar-refractivity contribution is 7.80. The monoisotopic (exact) mass is 225 g/mol. The molecule has 5 heteroatoms. The van der Waals surface area contributed by atoms with Gasteiger partial charge in [-0.2, -0.15) is 0 Å². The van der Waals surface area contributed by atoms with Gasteiger partial charge in [-0.15, -0.1) is 0 Å². The number of hydrogen-bond donors (Lipinski definition) is 1. The van der Waals surface area contributed by atoms with Crippen molar-refractivity contribution in [3.8, 4) is 0 Å². The second-order valence-electron chi connectivity index (χ2n) is 2.97. The summed E-state index contributed by atoms with van der Waals surface area (Å²) in [5.74, 6) is 0. The van der Waals surface area contributed by atoms with Crippen molar-refractivity contribution in [2.45, 2.75) is 6.42 Å². The first-order chi connectivity index (χ1) is 6.66. The number of nitrogens with zero attached hydrogens (tertiary/aromatic N) is 2. The maximum absolute atomic E-state index is 5.83. The molecule has 0 saturated heterocycles. The van der Waals surface area contributed by atoms with E-state index in [2.05, 4.69) is 4.98 Å². The molecular formula is C9H8ClN3S. The highest BCUT2D eigenvalue weighted by Crippen LogP contribution is 2.13. The lowest BCUT2D eigenvalue weighted by Crippen LogP contribution is -2.12. The molecule has 0 unspecified atom stereocenters. The molecule has 0 radical (unpaired) electrons. The van der Waals surface area contributed by atoms with Gasteiger partial charge in [0.25, 0.3) is 0 Å². The van der Waals surface area contributed by atoms with Crippen molar-refractivity contribution in [1.29, 1.82) is 0 Å². The molecule has 0 aromatic carbocycles. The summed E-state index contributed by atoms with van der Waals surface area (Å²) >= 11 is 10.7. The molecule has 0 atom stereocenters. The van der Waals surface area contributed by atoms with Gasteiger partial charge in [0.15, 0.2) is 0 Å². The molecule has 2 aromatic rings. The Morgan fingerprint density at radius 1 is 1.64 bits per heavy atom. The molecule has 3 nitrogen and oxygen atoms in total. The van der Waals surface area contributed by atoms with Crippen molar-refractivity contribution in [3.05, 3.63) is 35.2 Å². The average Bonchev–Trinajstić information content (AvgIpc) is 2.47.